The molecule has 17 heavy (non-hydrogen) atoms. The van der Waals surface area contributed by atoms with Crippen LogP contribution in [0.5, 0.6) is 0 Å². The Morgan fingerprint density at radius 2 is 2.12 bits per heavy atom. The molecule has 0 aliphatic carbocycles. The molecular weight excluding hydrogens is 212 g/mol. The van der Waals surface area contributed by atoms with Crippen LogP contribution in [0.1, 0.15) is 22.8 Å². The highest BCUT2D eigenvalue weighted by molar-refractivity contribution is 5.94. The summed E-state index contributed by atoms with van der Waals surface area (Å²) in [6, 6.07) is 8.56. The Hall–Kier alpha value is -1.35. The molecule has 1 amide bonds. The number of fused-ring (bicyclic) bond motifs is 1. The van der Waals surface area contributed by atoms with Gasteiger partial charge in [-0.3, -0.25) is 4.79 Å². The summed E-state index contributed by atoms with van der Waals surface area (Å²) in [4.78, 5) is 14.2. The van der Waals surface area contributed by atoms with Crippen molar-refractivity contribution in [3.8, 4) is 0 Å². The van der Waals surface area contributed by atoms with Crippen LogP contribution in [0.4, 0.5) is 0 Å². The molecule has 0 saturated carbocycles. The smallest absolute Gasteiger partial charge is 0.253 e. The zero-order valence-corrected chi connectivity index (χ0v) is 10.1. The molecule has 2 aliphatic rings. The van der Waals surface area contributed by atoms with Gasteiger partial charge < -0.3 is 10.2 Å². The first-order chi connectivity index (χ1) is 8.28. The minimum Gasteiger partial charge on any atom is -0.337 e. The summed E-state index contributed by atoms with van der Waals surface area (Å²) in [5.41, 5.74) is 2.10. The van der Waals surface area contributed by atoms with Crippen molar-refractivity contribution in [2.24, 2.45) is 5.92 Å². The molecule has 2 fully saturated rings. The standard InChI is InChI=1S/C14H18N2O/c1-2-10-3-5-11(6-4-10)14(17)16-8-12-7-15-13(12)9-16/h3-6,12-13,15H,2,7-9H2,1H3/t12-,13+/m1/s1. The molecule has 1 aromatic rings. The van der Waals surface area contributed by atoms with Crippen molar-refractivity contribution in [3.63, 3.8) is 0 Å². The van der Waals surface area contributed by atoms with Crippen molar-refractivity contribution in [1.82, 2.24) is 10.2 Å². The largest absolute Gasteiger partial charge is 0.337 e. The van der Waals surface area contributed by atoms with Crippen LogP contribution >= 0.6 is 0 Å². The fraction of sp³-hybridized carbons (Fsp3) is 0.500. The quantitative estimate of drug-likeness (QED) is 0.830. The van der Waals surface area contributed by atoms with Gasteiger partial charge in [0.1, 0.15) is 0 Å². The van der Waals surface area contributed by atoms with E-state index in [1.165, 1.54) is 5.56 Å². The average molecular weight is 230 g/mol. The normalized spacial score (nSPS) is 26.5. The van der Waals surface area contributed by atoms with Crippen LogP contribution in [0, 0.1) is 5.92 Å². The van der Waals surface area contributed by atoms with Crippen LogP contribution in [-0.4, -0.2) is 36.5 Å². The third kappa shape index (κ3) is 1.84. The zero-order valence-electron chi connectivity index (χ0n) is 10.1. The molecule has 0 bridgehead atoms. The van der Waals surface area contributed by atoms with Crippen LogP contribution in [0.15, 0.2) is 24.3 Å². The molecule has 3 nitrogen and oxygen atoms in total. The summed E-state index contributed by atoms with van der Waals surface area (Å²) in [6.45, 7) is 4.99. The van der Waals surface area contributed by atoms with Crippen molar-refractivity contribution in [2.45, 2.75) is 19.4 Å². The fourth-order valence-corrected chi connectivity index (χ4v) is 2.68. The lowest BCUT2D eigenvalue weighted by atomic mass is 9.96. The van der Waals surface area contributed by atoms with E-state index in [1.807, 2.05) is 17.0 Å². The van der Waals surface area contributed by atoms with E-state index in [9.17, 15) is 4.79 Å². The molecule has 3 rings (SSSR count). The molecule has 0 spiro atoms. The van der Waals surface area contributed by atoms with Crippen molar-refractivity contribution >= 4 is 5.91 Å². The number of amides is 1. The molecular formula is C14H18N2O. The fourth-order valence-electron chi connectivity index (χ4n) is 2.68. The zero-order chi connectivity index (χ0) is 11.8. The van der Waals surface area contributed by atoms with Gasteiger partial charge in [-0.15, -0.1) is 0 Å². The lowest BCUT2D eigenvalue weighted by Crippen LogP contribution is -2.51. The van der Waals surface area contributed by atoms with Gasteiger partial charge in [0.2, 0.25) is 0 Å². The Morgan fingerprint density at radius 3 is 2.59 bits per heavy atom. The maximum absolute atomic E-state index is 12.3. The number of carbonyl (C=O) groups excluding carboxylic acids is 1. The number of nitrogens with zero attached hydrogens (tertiary/aromatic N) is 1. The van der Waals surface area contributed by atoms with E-state index in [0.29, 0.717) is 12.0 Å². The van der Waals surface area contributed by atoms with E-state index < -0.39 is 0 Å². The molecule has 0 aromatic heterocycles. The predicted octanol–water partition coefficient (Wildman–Crippen LogP) is 1.29. The van der Waals surface area contributed by atoms with Crippen LogP contribution < -0.4 is 5.32 Å². The topological polar surface area (TPSA) is 32.3 Å². The van der Waals surface area contributed by atoms with E-state index in [1.54, 1.807) is 0 Å². The van der Waals surface area contributed by atoms with E-state index in [4.69, 9.17) is 0 Å². The van der Waals surface area contributed by atoms with Crippen LogP contribution in [0.25, 0.3) is 0 Å². The first-order valence-electron chi connectivity index (χ1n) is 6.39. The number of carbonyl (C=O) groups is 1. The Labute approximate surface area is 102 Å². The summed E-state index contributed by atoms with van der Waals surface area (Å²) < 4.78 is 0. The molecule has 3 heteroatoms. The Balaban J connectivity index is 1.72. The molecule has 2 atom stereocenters. The second-order valence-corrected chi connectivity index (χ2v) is 5.04. The van der Waals surface area contributed by atoms with Crippen LogP contribution in [-0.2, 0) is 6.42 Å². The summed E-state index contributed by atoms with van der Waals surface area (Å²) in [5, 5.41) is 3.37. The second-order valence-electron chi connectivity index (χ2n) is 5.04. The van der Waals surface area contributed by atoms with Gasteiger partial charge in [-0.25, -0.2) is 0 Å². The van der Waals surface area contributed by atoms with Crippen LogP contribution in [0.2, 0.25) is 0 Å². The molecule has 90 valence electrons. The van der Waals surface area contributed by atoms with Crippen molar-refractivity contribution in [3.05, 3.63) is 35.4 Å². The third-order valence-corrected chi connectivity index (χ3v) is 3.98. The Kier molecular flexibility index (Phi) is 2.63. The van der Waals surface area contributed by atoms with E-state index in [-0.39, 0.29) is 5.91 Å². The second kappa shape index (κ2) is 4.15. The highest BCUT2D eigenvalue weighted by Gasteiger charge is 2.40. The number of hydrogen-bond acceptors (Lipinski definition) is 2. The van der Waals surface area contributed by atoms with Gasteiger partial charge in [-0.1, -0.05) is 19.1 Å². The van der Waals surface area contributed by atoms with E-state index in [0.717, 1.165) is 31.6 Å². The number of nitrogens with one attached hydrogen (secondary N) is 1. The minimum atomic E-state index is 0.184. The first-order valence-corrected chi connectivity index (χ1v) is 6.39. The van der Waals surface area contributed by atoms with Crippen molar-refractivity contribution < 1.29 is 4.79 Å². The summed E-state index contributed by atoms with van der Waals surface area (Å²) in [7, 11) is 0. The molecule has 2 saturated heterocycles. The maximum atomic E-state index is 12.3. The lowest BCUT2D eigenvalue weighted by Gasteiger charge is -2.29. The highest BCUT2D eigenvalue weighted by atomic mass is 16.2. The van der Waals surface area contributed by atoms with E-state index in [2.05, 4.69) is 24.4 Å². The predicted molar refractivity (Wildman–Crippen MR) is 67.0 cm³/mol. The molecule has 2 heterocycles. The van der Waals surface area contributed by atoms with Gasteiger partial charge in [0.25, 0.3) is 5.91 Å². The molecule has 0 unspecified atom stereocenters. The van der Waals surface area contributed by atoms with Gasteiger partial charge in [-0.2, -0.15) is 0 Å². The number of aryl methyl sites for hydroxylation is 1. The maximum Gasteiger partial charge on any atom is 0.253 e. The number of likely N-dealkylation sites (tertiary alicyclic amines) is 1. The highest BCUT2D eigenvalue weighted by Crippen LogP contribution is 2.24. The lowest BCUT2D eigenvalue weighted by molar-refractivity contribution is 0.0789. The summed E-state index contributed by atoms with van der Waals surface area (Å²) in [6.07, 6.45) is 1.02. The van der Waals surface area contributed by atoms with Gasteiger partial charge in [0, 0.05) is 37.2 Å². The van der Waals surface area contributed by atoms with Gasteiger partial charge >= 0.3 is 0 Å². The SMILES string of the molecule is CCc1ccc(C(=O)N2C[C@H]3CN[C@H]3C2)cc1. The monoisotopic (exact) mass is 230 g/mol. The third-order valence-electron chi connectivity index (χ3n) is 3.98. The first kappa shape index (κ1) is 10.8. The molecule has 0 radical (unpaired) electrons. The summed E-state index contributed by atoms with van der Waals surface area (Å²) >= 11 is 0. The number of hydrogen-bond donors (Lipinski definition) is 1. The molecule has 1 N–H and O–H groups in total. The summed E-state index contributed by atoms with van der Waals surface area (Å²) in [5.74, 6) is 0.873. The molecule has 1 aromatic carbocycles. The van der Waals surface area contributed by atoms with Crippen molar-refractivity contribution in [1.29, 1.82) is 0 Å². The minimum absolute atomic E-state index is 0.184. The van der Waals surface area contributed by atoms with Gasteiger partial charge in [0.15, 0.2) is 0 Å². The average Bonchev–Trinajstić information content (AvgIpc) is 2.65. The number of benzene rings is 1. The van der Waals surface area contributed by atoms with Crippen molar-refractivity contribution in [2.75, 3.05) is 19.6 Å². The molecule has 2 aliphatic heterocycles. The Morgan fingerprint density at radius 1 is 1.35 bits per heavy atom. The van der Waals surface area contributed by atoms with Crippen LogP contribution in [0.3, 0.4) is 0 Å². The van der Waals surface area contributed by atoms with Gasteiger partial charge in [0.05, 0.1) is 0 Å². The Bertz CT molecular complexity index is 414. The van der Waals surface area contributed by atoms with E-state index >= 15 is 0 Å². The number of rotatable bonds is 2. The van der Waals surface area contributed by atoms with Gasteiger partial charge in [-0.05, 0) is 24.1 Å².